The van der Waals surface area contributed by atoms with Crippen LogP contribution in [0.4, 0.5) is 0 Å². The lowest BCUT2D eigenvalue weighted by molar-refractivity contribution is -0.120. The molecular weight excluding hydrogens is 334 g/mol. The highest BCUT2D eigenvalue weighted by molar-refractivity contribution is 8.00. The smallest absolute Gasteiger partial charge is 0.233 e. The number of nitrogens with zero attached hydrogens (tertiary/aromatic N) is 4. The average Bonchev–Trinajstić information content (AvgIpc) is 3.14. The normalized spacial score (nSPS) is 16.5. The number of hydrogen-bond acceptors (Lipinski definition) is 5. The Kier molecular flexibility index (Phi) is 6.44. The molecule has 25 heavy (non-hydrogen) atoms. The largest absolute Gasteiger partial charge is 0.351 e. The lowest BCUT2D eigenvalue weighted by atomic mass is 9.96. The molecule has 0 aliphatic heterocycles. The number of hydrogen-bond donors (Lipinski definition) is 1. The number of tetrazole rings is 1. The highest BCUT2D eigenvalue weighted by Crippen LogP contribution is 2.32. The molecule has 7 heteroatoms. The topological polar surface area (TPSA) is 72.7 Å². The molecular formula is C18H25N5OS. The van der Waals surface area contributed by atoms with E-state index in [9.17, 15) is 4.79 Å². The Balaban J connectivity index is 1.60. The van der Waals surface area contributed by atoms with Crippen LogP contribution in [0.1, 0.15) is 57.1 Å². The van der Waals surface area contributed by atoms with Crippen molar-refractivity contribution in [3.05, 3.63) is 35.9 Å². The van der Waals surface area contributed by atoms with Gasteiger partial charge in [-0.3, -0.25) is 4.79 Å². The van der Waals surface area contributed by atoms with E-state index in [1.165, 1.54) is 31.0 Å². The van der Waals surface area contributed by atoms with Gasteiger partial charge in [0.25, 0.3) is 0 Å². The number of amides is 1. The Labute approximate surface area is 152 Å². The van der Waals surface area contributed by atoms with Crippen molar-refractivity contribution in [2.75, 3.05) is 0 Å². The van der Waals surface area contributed by atoms with E-state index in [2.05, 4.69) is 20.8 Å². The van der Waals surface area contributed by atoms with Gasteiger partial charge in [0.05, 0.1) is 11.3 Å². The second kappa shape index (κ2) is 8.99. The maximum absolute atomic E-state index is 12.6. The molecule has 1 unspecified atom stereocenters. The first kappa shape index (κ1) is 17.9. The predicted molar refractivity (Wildman–Crippen MR) is 98.2 cm³/mol. The van der Waals surface area contributed by atoms with Gasteiger partial charge in [-0.2, -0.15) is 0 Å². The molecule has 1 aromatic heterocycles. The molecule has 3 rings (SSSR count). The van der Waals surface area contributed by atoms with Crippen LogP contribution in [-0.2, 0) is 11.3 Å². The third-order valence-electron chi connectivity index (χ3n) is 4.60. The second-order valence-corrected chi connectivity index (χ2v) is 7.59. The molecule has 0 bridgehead atoms. The van der Waals surface area contributed by atoms with Crippen molar-refractivity contribution in [3.63, 3.8) is 0 Å². The highest BCUT2D eigenvalue weighted by atomic mass is 32.2. The van der Waals surface area contributed by atoms with Crippen LogP contribution in [0.15, 0.2) is 35.5 Å². The van der Waals surface area contributed by atoms with Gasteiger partial charge in [0.1, 0.15) is 0 Å². The Morgan fingerprint density at radius 1 is 1.28 bits per heavy atom. The molecule has 2 aromatic rings. The zero-order valence-electron chi connectivity index (χ0n) is 14.6. The summed E-state index contributed by atoms with van der Waals surface area (Å²) in [5, 5.41) is 15.8. The van der Waals surface area contributed by atoms with E-state index in [0.717, 1.165) is 30.0 Å². The maximum atomic E-state index is 12.6. The Bertz CT molecular complexity index is 669. The van der Waals surface area contributed by atoms with Crippen LogP contribution in [0.2, 0.25) is 0 Å². The molecule has 0 radical (unpaired) electrons. The molecule has 1 aliphatic carbocycles. The van der Waals surface area contributed by atoms with Crippen molar-refractivity contribution in [1.82, 2.24) is 25.5 Å². The van der Waals surface area contributed by atoms with Crippen LogP contribution >= 0.6 is 11.8 Å². The van der Waals surface area contributed by atoms with Gasteiger partial charge in [0.15, 0.2) is 0 Å². The number of carbonyl (C=O) groups is 1. The summed E-state index contributed by atoms with van der Waals surface area (Å²) in [5.74, 6) is 0.0366. The quantitative estimate of drug-likeness (QED) is 0.768. The van der Waals surface area contributed by atoms with Crippen molar-refractivity contribution in [2.24, 2.45) is 0 Å². The zero-order chi connectivity index (χ0) is 17.5. The summed E-state index contributed by atoms with van der Waals surface area (Å²) in [5.41, 5.74) is 1.10. The molecule has 134 valence electrons. The van der Waals surface area contributed by atoms with E-state index in [1.54, 1.807) is 0 Å². The van der Waals surface area contributed by atoms with E-state index in [0.29, 0.717) is 12.6 Å². The van der Waals surface area contributed by atoms with Gasteiger partial charge in [0, 0.05) is 6.54 Å². The van der Waals surface area contributed by atoms with Gasteiger partial charge in [-0.1, -0.05) is 68.3 Å². The first-order valence-electron chi connectivity index (χ1n) is 9.04. The summed E-state index contributed by atoms with van der Waals surface area (Å²) < 4.78 is 1.93. The van der Waals surface area contributed by atoms with Gasteiger partial charge in [0.2, 0.25) is 11.1 Å². The van der Waals surface area contributed by atoms with E-state index < -0.39 is 0 Å². The standard InChI is InChI=1S/C18H25N5OS/c1-2-16(17(24)19-13-14-9-5-3-6-10-14)25-18-20-21-22-23(18)15-11-7-4-8-12-15/h3,5-6,9-10,15-16H,2,4,7-8,11-13H2,1H3,(H,19,24). The summed E-state index contributed by atoms with van der Waals surface area (Å²) in [7, 11) is 0. The summed E-state index contributed by atoms with van der Waals surface area (Å²) in [6, 6.07) is 10.3. The minimum Gasteiger partial charge on any atom is -0.351 e. The molecule has 1 heterocycles. The lowest BCUT2D eigenvalue weighted by Gasteiger charge is -2.22. The number of rotatable bonds is 7. The predicted octanol–water partition coefficient (Wildman–Crippen LogP) is 3.37. The molecule has 0 saturated heterocycles. The maximum Gasteiger partial charge on any atom is 0.233 e. The molecule has 1 N–H and O–H groups in total. The SMILES string of the molecule is CCC(Sc1nnnn1C1CCCCC1)C(=O)NCc1ccccc1. The Morgan fingerprint density at radius 3 is 2.76 bits per heavy atom. The number of aromatic nitrogens is 4. The minimum atomic E-state index is -0.183. The van der Waals surface area contributed by atoms with Crippen molar-refractivity contribution in [2.45, 2.75) is 68.4 Å². The van der Waals surface area contributed by atoms with Gasteiger partial charge in [-0.15, -0.1) is 5.10 Å². The first-order valence-corrected chi connectivity index (χ1v) is 9.92. The molecule has 1 aromatic carbocycles. The van der Waals surface area contributed by atoms with Crippen LogP contribution in [0.3, 0.4) is 0 Å². The average molecular weight is 359 g/mol. The van der Waals surface area contributed by atoms with E-state index >= 15 is 0 Å². The molecule has 1 fully saturated rings. The van der Waals surface area contributed by atoms with E-state index in [1.807, 2.05) is 41.9 Å². The van der Waals surface area contributed by atoms with Gasteiger partial charge < -0.3 is 5.32 Å². The van der Waals surface area contributed by atoms with Gasteiger partial charge in [-0.05, 0) is 35.3 Å². The fraction of sp³-hybridized carbons (Fsp3) is 0.556. The first-order chi connectivity index (χ1) is 12.3. The second-order valence-electron chi connectivity index (χ2n) is 6.42. The van der Waals surface area contributed by atoms with Crippen molar-refractivity contribution >= 4 is 17.7 Å². The Hall–Kier alpha value is -1.89. The number of thioether (sulfide) groups is 1. The van der Waals surface area contributed by atoms with Crippen LogP contribution < -0.4 is 5.32 Å². The summed E-state index contributed by atoms with van der Waals surface area (Å²) in [6.45, 7) is 2.57. The zero-order valence-corrected chi connectivity index (χ0v) is 15.4. The van der Waals surface area contributed by atoms with Gasteiger partial charge in [-0.25, -0.2) is 4.68 Å². The molecule has 1 saturated carbocycles. The molecule has 1 amide bonds. The number of benzene rings is 1. The molecule has 6 nitrogen and oxygen atoms in total. The highest BCUT2D eigenvalue weighted by Gasteiger charge is 2.25. The van der Waals surface area contributed by atoms with Crippen molar-refractivity contribution in [3.8, 4) is 0 Å². The summed E-state index contributed by atoms with van der Waals surface area (Å²) in [6.07, 6.45) is 6.72. The Morgan fingerprint density at radius 2 is 2.04 bits per heavy atom. The van der Waals surface area contributed by atoms with E-state index in [-0.39, 0.29) is 11.2 Å². The third kappa shape index (κ3) is 4.81. The lowest BCUT2D eigenvalue weighted by Crippen LogP contribution is -2.32. The van der Waals surface area contributed by atoms with Gasteiger partial charge >= 0.3 is 0 Å². The van der Waals surface area contributed by atoms with Crippen LogP contribution in [0.25, 0.3) is 0 Å². The van der Waals surface area contributed by atoms with Crippen LogP contribution in [-0.4, -0.2) is 31.4 Å². The van der Waals surface area contributed by atoms with E-state index in [4.69, 9.17) is 0 Å². The fourth-order valence-corrected chi connectivity index (χ4v) is 4.15. The van der Waals surface area contributed by atoms with Crippen molar-refractivity contribution in [1.29, 1.82) is 0 Å². The fourth-order valence-electron chi connectivity index (χ4n) is 3.17. The monoisotopic (exact) mass is 359 g/mol. The summed E-state index contributed by atoms with van der Waals surface area (Å²) in [4.78, 5) is 12.6. The van der Waals surface area contributed by atoms with Crippen LogP contribution in [0.5, 0.6) is 0 Å². The van der Waals surface area contributed by atoms with Crippen LogP contribution in [0, 0.1) is 0 Å². The third-order valence-corrected chi connectivity index (χ3v) is 5.92. The minimum absolute atomic E-state index is 0.0366. The number of carbonyl (C=O) groups excluding carboxylic acids is 1. The number of nitrogens with one attached hydrogen (secondary N) is 1. The molecule has 0 spiro atoms. The summed E-state index contributed by atoms with van der Waals surface area (Å²) >= 11 is 1.47. The van der Waals surface area contributed by atoms with Crippen molar-refractivity contribution < 1.29 is 4.79 Å². The molecule has 1 atom stereocenters. The molecule has 1 aliphatic rings.